The van der Waals surface area contributed by atoms with E-state index < -0.39 is 0 Å². The molecule has 0 saturated carbocycles. The van der Waals surface area contributed by atoms with Crippen molar-refractivity contribution in [1.29, 1.82) is 0 Å². The van der Waals surface area contributed by atoms with Gasteiger partial charge in [0.25, 0.3) is 11.1 Å². The number of aryl methyl sites for hydroxylation is 1. The van der Waals surface area contributed by atoms with E-state index in [1.807, 2.05) is 37.3 Å². The van der Waals surface area contributed by atoms with Crippen molar-refractivity contribution < 1.29 is 13.6 Å². The van der Waals surface area contributed by atoms with Gasteiger partial charge in [0.1, 0.15) is 11.3 Å². The summed E-state index contributed by atoms with van der Waals surface area (Å²) in [5.41, 5.74) is 4.11. The van der Waals surface area contributed by atoms with Crippen LogP contribution < -0.4 is 5.32 Å². The third-order valence-electron chi connectivity index (χ3n) is 5.92. The summed E-state index contributed by atoms with van der Waals surface area (Å²) in [7, 11) is 0. The molecule has 2 aromatic carbocycles. The van der Waals surface area contributed by atoms with Gasteiger partial charge in [-0.1, -0.05) is 48.2 Å². The molecule has 7 heteroatoms. The number of hydrogen-bond acceptors (Lipinski definition) is 6. The molecule has 0 unspecified atom stereocenters. The van der Waals surface area contributed by atoms with Gasteiger partial charge in [0.2, 0.25) is 0 Å². The van der Waals surface area contributed by atoms with Crippen molar-refractivity contribution in [2.75, 3.05) is 13.1 Å². The maximum Gasteiger partial charge on any atom is 0.287 e. The number of carbonyl (C=O) groups is 1. The van der Waals surface area contributed by atoms with Crippen molar-refractivity contribution in [3.8, 4) is 0 Å². The van der Waals surface area contributed by atoms with E-state index >= 15 is 0 Å². The molecular formula is C26H27N3O3S. The summed E-state index contributed by atoms with van der Waals surface area (Å²) in [6, 6.07) is 20.2. The molecule has 33 heavy (non-hydrogen) atoms. The first kappa shape index (κ1) is 21.8. The van der Waals surface area contributed by atoms with Gasteiger partial charge in [0.05, 0.1) is 5.75 Å². The van der Waals surface area contributed by atoms with Crippen molar-refractivity contribution in [3.05, 3.63) is 83.3 Å². The van der Waals surface area contributed by atoms with Gasteiger partial charge < -0.3 is 14.2 Å². The molecule has 0 spiro atoms. The number of hydrogen-bond donors (Lipinski definition) is 1. The molecule has 4 aromatic rings. The number of piperidine rings is 1. The van der Waals surface area contributed by atoms with Crippen LogP contribution in [-0.2, 0) is 12.3 Å². The Kier molecular flexibility index (Phi) is 6.51. The Labute approximate surface area is 197 Å². The number of fused-ring (bicyclic) bond motifs is 1. The maximum atomic E-state index is 12.7. The molecule has 0 atom stereocenters. The van der Waals surface area contributed by atoms with Gasteiger partial charge in [-0.2, -0.15) is 0 Å². The second kappa shape index (κ2) is 9.85. The number of oxazole rings is 1. The maximum absolute atomic E-state index is 12.7. The molecule has 3 heterocycles. The second-order valence-electron chi connectivity index (χ2n) is 8.52. The van der Waals surface area contributed by atoms with Crippen LogP contribution in [0.4, 0.5) is 0 Å². The first-order chi connectivity index (χ1) is 16.1. The van der Waals surface area contributed by atoms with Crippen molar-refractivity contribution in [1.82, 2.24) is 15.2 Å². The van der Waals surface area contributed by atoms with E-state index in [2.05, 4.69) is 39.5 Å². The average molecular weight is 462 g/mol. The number of rotatable bonds is 7. The van der Waals surface area contributed by atoms with Crippen LogP contribution in [0.1, 0.15) is 40.3 Å². The fraction of sp³-hybridized carbons (Fsp3) is 0.308. The van der Waals surface area contributed by atoms with Gasteiger partial charge >= 0.3 is 0 Å². The van der Waals surface area contributed by atoms with Crippen LogP contribution in [0.3, 0.4) is 0 Å². The van der Waals surface area contributed by atoms with Gasteiger partial charge in [0.15, 0.2) is 11.3 Å². The lowest BCUT2D eigenvalue weighted by atomic mass is 10.0. The number of aromatic nitrogens is 1. The molecule has 6 nitrogen and oxygen atoms in total. The number of likely N-dealkylation sites (tertiary alicyclic amines) is 1. The van der Waals surface area contributed by atoms with E-state index in [9.17, 15) is 4.79 Å². The van der Waals surface area contributed by atoms with Crippen LogP contribution in [0.2, 0.25) is 0 Å². The number of amides is 1. The number of carbonyl (C=O) groups excluding carboxylic acids is 1. The Bertz CT molecular complexity index is 1230. The highest BCUT2D eigenvalue weighted by molar-refractivity contribution is 7.98. The molecule has 170 valence electrons. The molecule has 2 aromatic heterocycles. The summed E-state index contributed by atoms with van der Waals surface area (Å²) in [5.74, 6) is 1.48. The standard InChI is InChI=1S/C26H27N3O3S/c1-18-7-9-23-22(15-18)28-26(32-23)33-17-21-8-10-24(31-21)25(30)27-20-11-13-29(14-12-20)16-19-5-3-2-4-6-19/h2-10,15,20H,11-14,16-17H2,1H3,(H,27,30). The molecule has 0 bridgehead atoms. The van der Waals surface area contributed by atoms with Crippen molar-refractivity contribution in [2.24, 2.45) is 0 Å². The van der Waals surface area contributed by atoms with Crippen LogP contribution >= 0.6 is 11.8 Å². The molecule has 1 fully saturated rings. The summed E-state index contributed by atoms with van der Waals surface area (Å²) >= 11 is 1.46. The van der Waals surface area contributed by atoms with Crippen LogP contribution in [0.5, 0.6) is 0 Å². The fourth-order valence-electron chi connectivity index (χ4n) is 4.12. The Morgan fingerprint density at radius 1 is 1.09 bits per heavy atom. The average Bonchev–Trinajstić information content (AvgIpc) is 3.46. The largest absolute Gasteiger partial charge is 0.455 e. The molecule has 1 amide bonds. The van der Waals surface area contributed by atoms with Crippen molar-refractivity contribution in [3.63, 3.8) is 0 Å². The number of benzene rings is 2. The van der Waals surface area contributed by atoms with E-state index in [1.165, 1.54) is 17.3 Å². The molecule has 5 rings (SSSR count). The highest BCUT2D eigenvalue weighted by Crippen LogP contribution is 2.27. The minimum atomic E-state index is -0.148. The Morgan fingerprint density at radius 2 is 1.91 bits per heavy atom. The second-order valence-corrected chi connectivity index (χ2v) is 9.44. The Morgan fingerprint density at radius 3 is 2.73 bits per heavy atom. The highest BCUT2D eigenvalue weighted by Gasteiger charge is 2.22. The topological polar surface area (TPSA) is 71.5 Å². The quantitative estimate of drug-likeness (QED) is 0.371. The number of furan rings is 1. The van der Waals surface area contributed by atoms with Crippen molar-refractivity contribution >= 4 is 28.8 Å². The van der Waals surface area contributed by atoms with Crippen molar-refractivity contribution in [2.45, 2.75) is 43.3 Å². The smallest absolute Gasteiger partial charge is 0.287 e. The first-order valence-corrected chi connectivity index (χ1v) is 12.3. The van der Waals surface area contributed by atoms with Crippen LogP contribution in [0, 0.1) is 6.92 Å². The first-order valence-electron chi connectivity index (χ1n) is 11.3. The summed E-state index contributed by atoms with van der Waals surface area (Å²) in [5, 5.41) is 3.73. The van der Waals surface area contributed by atoms with Gasteiger partial charge in [0, 0.05) is 25.7 Å². The molecule has 0 radical (unpaired) electrons. The fourth-order valence-corrected chi connectivity index (χ4v) is 4.85. The zero-order valence-corrected chi connectivity index (χ0v) is 19.4. The van der Waals surface area contributed by atoms with E-state index in [-0.39, 0.29) is 11.9 Å². The zero-order chi connectivity index (χ0) is 22.6. The molecule has 0 aliphatic carbocycles. The van der Waals surface area contributed by atoms with Gasteiger partial charge in [-0.15, -0.1) is 0 Å². The minimum absolute atomic E-state index is 0.148. The lowest BCUT2D eigenvalue weighted by Gasteiger charge is -2.32. The van der Waals surface area contributed by atoms with Crippen LogP contribution in [-0.4, -0.2) is 34.9 Å². The van der Waals surface area contributed by atoms with Crippen LogP contribution in [0.15, 0.2) is 74.7 Å². The predicted octanol–water partition coefficient (Wildman–Crippen LogP) is 5.42. The van der Waals surface area contributed by atoms with E-state index in [1.54, 1.807) is 6.07 Å². The number of nitrogens with one attached hydrogen (secondary N) is 1. The molecule has 1 N–H and O–H groups in total. The normalized spacial score (nSPS) is 15.2. The third kappa shape index (κ3) is 5.49. The van der Waals surface area contributed by atoms with Gasteiger partial charge in [-0.05, 0) is 55.2 Å². The highest BCUT2D eigenvalue weighted by atomic mass is 32.2. The Hall–Kier alpha value is -3.03. The zero-order valence-electron chi connectivity index (χ0n) is 18.6. The molecule has 1 aliphatic rings. The van der Waals surface area contributed by atoms with Gasteiger partial charge in [-0.3, -0.25) is 9.69 Å². The lowest BCUT2D eigenvalue weighted by Crippen LogP contribution is -2.44. The molecule has 1 saturated heterocycles. The summed E-state index contributed by atoms with van der Waals surface area (Å²) in [6.07, 6.45) is 1.89. The number of nitrogens with zero attached hydrogens (tertiary/aromatic N) is 2. The minimum Gasteiger partial charge on any atom is -0.455 e. The Balaban J connectivity index is 1.10. The molecule has 1 aliphatic heterocycles. The summed E-state index contributed by atoms with van der Waals surface area (Å²) in [6.45, 7) is 4.94. The van der Waals surface area contributed by atoms with E-state index in [4.69, 9.17) is 8.83 Å². The molecular weight excluding hydrogens is 434 g/mol. The van der Waals surface area contributed by atoms with Gasteiger partial charge in [-0.25, -0.2) is 4.98 Å². The lowest BCUT2D eigenvalue weighted by molar-refractivity contribution is 0.0879. The van der Waals surface area contributed by atoms with Crippen LogP contribution in [0.25, 0.3) is 11.1 Å². The summed E-state index contributed by atoms with van der Waals surface area (Å²) in [4.78, 5) is 19.6. The number of thioether (sulfide) groups is 1. The van der Waals surface area contributed by atoms with E-state index in [0.717, 1.165) is 54.9 Å². The third-order valence-corrected chi connectivity index (χ3v) is 6.77. The monoisotopic (exact) mass is 461 g/mol. The SMILES string of the molecule is Cc1ccc2oc(SCc3ccc(C(=O)NC4CCN(Cc5ccccc5)CC4)o3)nc2c1. The van der Waals surface area contributed by atoms with E-state index in [0.29, 0.717) is 16.7 Å². The predicted molar refractivity (Wildman–Crippen MR) is 129 cm³/mol. The summed E-state index contributed by atoms with van der Waals surface area (Å²) < 4.78 is 11.6.